The van der Waals surface area contributed by atoms with Crippen molar-refractivity contribution in [2.75, 3.05) is 0 Å². The predicted molar refractivity (Wildman–Crippen MR) is 77.8 cm³/mol. The molecular weight excluding hydrogens is 280 g/mol. The number of nitro groups is 1. The highest BCUT2D eigenvalue weighted by molar-refractivity contribution is 6.32. The molecule has 0 aliphatic rings. The van der Waals surface area contributed by atoms with Gasteiger partial charge < -0.3 is 9.73 Å². The van der Waals surface area contributed by atoms with Crippen LogP contribution in [0.15, 0.2) is 34.7 Å². The molecule has 0 fully saturated rings. The zero-order chi connectivity index (χ0) is 14.7. The third-order valence-corrected chi connectivity index (χ3v) is 3.08. The lowest BCUT2D eigenvalue weighted by Gasteiger charge is -2.05. The highest BCUT2D eigenvalue weighted by Gasteiger charge is 2.14. The Labute approximate surface area is 121 Å². The van der Waals surface area contributed by atoms with Crippen LogP contribution in [-0.2, 0) is 6.54 Å². The Bertz CT molecular complexity index is 623. The molecule has 0 saturated heterocycles. The molecule has 0 atom stereocenters. The number of benzene rings is 1. The lowest BCUT2D eigenvalue weighted by atomic mass is 10.1. The van der Waals surface area contributed by atoms with Gasteiger partial charge in [-0.25, -0.2) is 0 Å². The lowest BCUT2D eigenvalue weighted by Crippen LogP contribution is -2.21. The van der Waals surface area contributed by atoms with Gasteiger partial charge in [-0.15, -0.1) is 0 Å². The predicted octanol–water partition coefficient (Wildman–Crippen LogP) is 4.01. The van der Waals surface area contributed by atoms with Gasteiger partial charge in [-0.05, 0) is 24.3 Å². The maximum atomic E-state index is 10.7. The summed E-state index contributed by atoms with van der Waals surface area (Å²) in [6, 6.07) is 8.62. The fourth-order valence-electron chi connectivity index (χ4n) is 1.74. The second-order valence-electron chi connectivity index (χ2n) is 4.72. The number of nitrogens with one attached hydrogen (secondary N) is 1. The van der Waals surface area contributed by atoms with Gasteiger partial charge >= 0.3 is 0 Å². The van der Waals surface area contributed by atoms with Crippen LogP contribution in [0, 0.1) is 10.1 Å². The Morgan fingerprint density at radius 1 is 1.35 bits per heavy atom. The number of halogens is 1. The number of hydrogen-bond acceptors (Lipinski definition) is 4. The molecule has 1 aromatic carbocycles. The zero-order valence-corrected chi connectivity index (χ0v) is 12.0. The summed E-state index contributed by atoms with van der Waals surface area (Å²) < 4.78 is 5.68. The molecule has 6 heteroatoms. The van der Waals surface area contributed by atoms with E-state index in [1.807, 2.05) is 12.1 Å². The van der Waals surface area contributed by atoms with E-state index in [0.29, 0.717) is 18.3 Å². The summed E-state index contributed by atoms with van der Waals surface area (Å²) in [7, 11) is 0. The summed E-state index contributed by atoms with van der Waals surface area (Å²) in [6.45, 7) is 4.75. The normalized spacial score (nSPS) is 11.0. The number of nitrogens with zero attached hydrogens (tertiary/aromatic N) is 1. The van der Waals surface area contributed by atoms with Gasteiger partial charge in [0.25, 0.3) is 5.69 Å². The van der Waals surface area contributed by atoms with Crippen LogP contribution in [0.4, 0.5) is 5.69 Å². The second-order valence-corrected chi connectivity index (χ2v) is 5.13. The first-order chi connectivity index (χ1) is 9.47. The molecule has 0 bridgehead atoms. The van der Waals surface area contributed by atoms with E-state index in [1.54, 1.807) is 6.07 Å². The first-order valence-corrected chi connectivity index (χ1v) is 6.61. The highest BCUT2D eigenvalue weighted by Crippen LogP contribution is 2.30. The molecule has 1 N–H and O–H groups in total. The van der Waals surface area contributed by atoms with Crippen LogP contribution in [-0.4, -0.2) is 11.0 Å². The van der Waals surface area contributed by atoms with Crippen LogP contribution in [0.2, 0.25) is 5.02 Å². The zero-order valence-electron chi connectivity index (χ0n) is 11.2. The van der Waals surface area contributed by atoms with Crippen molar-refractivity contribution in [1.29, 1.82) is 0 Å². The Hall–Kier alpha value is -1.85. The molecule has 5 nitrogen and oxygen atoms in total. The minimum absolute atomic E-state index is 0.103. The summed E-state index contributed by atoms with van der Waals surface area (Å²) in [4.78, 5) is 10.2. The number of nitro benzene ring substituents is 1. The molecule has 0 aliphatic carbocycles. The standard InChI is InChI=1S/C14H15ClN2O3/c1-9(2)16-8-11-4-6-14(20-11)10-3-5-13(17(18)19)12(15)7-10/h3-7,9,16H,8H2,1-2H3. The van der Waals surface area contributed by atoms with Gasteiger partial charge in [0.2, 0.25) is 0 Å². The van der Waals surface area contributed by atoms with Crippen molar-refractivity contribution in [2.24, 2.45) is 0 Å². The molecule has 0 amide bonds. The Kier molecular flexibility index (Phi) is 4.42. The number of furan rings is 1. The van der Waals surface area contributed by atoms with E-state index < -0.39 is 4.92 Å². The van der Waals surface area contributed by atoms with Crippen LogP contribution in [0.25, 0.3) is 11.3 Å². The topological polar surface area (TPSA) is 68.3 Å². The number of rotatable bonds is 5. The van der Waals surface area contributed by atoms with Gasteiger partial charge in [-0.2, -0.15) is 0 Å². The molecule has 0 aliphatic heterocycles. The average molecular weight is 295 g/mol. The van der Waals surface area contributed by atoms with Gasteiger partial charge in [0.05, 0.1) is 11.5 Å². The quantitative estimate of drug-likeness (QED) is 0.668. The Morgan fingerprint density at radius 2 is 2.10 bits per heavy atom. The molecule has 2 rings (SSSR count). The molecule has 20 heavy (non-hydrogen) atoms. The monoisotopic (exact) mass is 294 g/mol. The largest absolute Gasteiger partial charge is 0.460 e. The highest BCUT2D eigenvalue weighted by atomic mass is 35.5. The summed E-state index contributed by atoms with van der Waals surface area (Å²) in [5.41, 5.74) is 0.611. The molecule has 0 unspecified atom stereocenters. The maximum absolute atomic E-state index is 10.7. The molecule has 1 aromatic heterocycles. The van der Waals surface area contributed by atoms with Gasteiger partial charge in [-0.1, -0.05) is 25.4 Å². The van der Waals surface area contributed by atoms with Crippen LogP contribution < -0.4 is 5.32 Å². The van der Waals surface area contributed by atoms with Crippen molar-refractivity contribution in [3.05, 3.63) is 51.2 Å². The molecule has 0 radical (unpaired) electrons. The molecule has 2 aromatic rings. The summed E-state index contributed by atoms with van der Waals surface area (Å²) in [6.07, 6.45) is 0. The van der Waals surface area contributed by atoms with Crippen LogP contribution in [0.1, 0.15) is 19.6 Å². The molecule has 106 valence electrons. The second kappa shape index (κ2) is 6.07. The maximum Gasteiger partial charge on any atom is 0.287 e. The first kappa shape index (κ1) is 14.6. The van der Waals surface area contributed by atoms with Gasteiger partial charge in [-0.3, -0.25) is 10.1 Å². The minimum Gasteiger partial charge on any atom is -0.460 e. The van der Waals surface area contributed by atoms with Crippen LogP contribution >= 0.6 is 11.6 Å². The summed E-state index contributed by atoms with van der Waals surface area (Å²) >= 11 is 5.89. The fraction of sp³-hybridized carbons (Fsp3) is 0.286. The van der Waals surface area contributed by atoms with Gasteiger partial charge in [0.15, 0.2) is 0 Å². The van der Waals surface area contributed by atoms with Gasteiger partial charge in [0.1, 0.15) is 16.5 Å². The van der Waals surface area contributed by atoms with E-state index >= 15 is 0 Å². The van der Waals surface area contributed by atoms with Crippen molar-refractivity contribution >= 4 is 17.3 Å². The van der Waals surface area contributed by atoms with E-state index in [9.17, 15) is 10.1 Å². The Morgan fingerprint density at radius 3 is 2.70 bits per heavy atom. The van der Waals surface area contributed by atoms with Crippen LogP contribution in [0.5, 0.6) is 0 Å². The third-order valence-electron chi connectivity index (χ3n) is 2.78. The molecular formula is C14H15ClN2O3. The minimum atomic E-state index is -0.508. The first-order valence-electron chi connectivity index (χ1n) is 6.24. The van der Waals surface area contributed by atoms with Crippen molar-refractivity contribution in [1.82, 2.24) is 5.32 Å². The lowest BCUT2D eigenvalue weighted by molar-refractivity contribution is -0.384. The number of hydrogen-bond donors (Lipinski definition) is 1. The average Bonchev–Trinajstić information content (AvgIpc) is 2.84. The van der Waals surface area contributed by atoms with Crippen molar-refractivity contribution in [2.45, 2.75) is 26.4 Å². The van der Waals surface area contributed by atoms with E-state index in [4.69, 9.17) is 16.0 Å². The van der Waals surface area contributed by atoms with Crippen molar-refractivity contribution < 1.29 is 9.34 Å². The third kappa shape index (κ3) is 3.37. The SMILES string of the molecule is CC(C)NCc1ccc(-c2ccc([N+](=O)[O-])c(Cl)c2)o1. The Balaban J connectivity index is 2.20. The van der Waals surface area contributed by atoms with E-state index in [-0.39, 0.29) is 10.7 Å². The van der Waals surface area contributed by atoms with Crippen molar-refractivity contribution in [3.63, 3.8) is 0 Å². The van der Waals surface area contributed by atoms with Crippen LogP contribution in [0.3, 0.4) is 0 Å². The summed E-state index contributed by atoms with van der Waals surface area (Å²) in [5, 5.41) is 14.1. The molecule has 0 spiro atoms. The smallest absolute Gasteiger partial charge is 0.287 e. The van der Waals surface area contributed by atoms with E-state index in [0.717, 1.165) is 11.3 Å². The van der Waals surface area contributed by atoms with E-state index in [2.05, 4.69) is 19.2 Å². The fourth-order valence-corrected chi connectivity index (χ4v) is 1.99. The summed E-state index contributed by atoms with van der Waals surface area (Å²) in [5.74, 6) is 1.45. The van der Waals surface area contributed by atoms with Gasteiger partial charge in [0, 0.05) is 17.7 Å². The molecule has 0 saturated carbocycles. The van der Waals surface area contributed by atoms with Crippen molar-refractivity contribution in [3.8, 4) is 11.3 Å². The molecule has 1 heterocycles. The van der Waals surface area contributed by atoms with E-state index in [1.165, 1.54) is 12.1 Å².